The zero-order valence-corrected chi connectivity index (χ0v) is 14.9. The van der Waals surface area contributed by atoms with Crippen molar-refractivity contribution in [1.82, 2.24) is 4.72 Å². The van der Waals surface area contributed by atoms with Gasteiger partial charge in [0, 0.05) is 12.2 Å². The molecule has 2 aromatic carbocycles. The van der Waals surface area contributed by atoms with Gasteiger partial charge in [-0.15, -0.1) is 0 Å². The molecule has 7 heteroatoms. The molecule has 1 aliphatic rings. The Morgan fingerprint density at radius 3 is 2.60 bits per heavy atom. The lowest BCUT2D eigenvalue weighted by Gasteiger charge is -2.13. The summed E-state index contributed by atoms with van der Waals surface area (Å²) in [6.45, 7) is 3.93. The molecule has 0 spiro atoms. The fourth-order valence-corrected chi connectivity index (χ4v) is 4.12. The molecule has 25 heavy (non-hydrogen) atoms. The van der Waals surface area contributed by atoms with Gasteiger partial charge in [-0.1, -0.05) is 30.3 Å². The first kappa shape index (κ1) is 17.4. The van der Waals surface area contributed by atoms with E-state index in [2.05, 4.69) is 4.72 Å². The third-order valence-corrected chi connectivity index (χ3v) is 5.64. The van der Waals surface area contributed by atoms with Crippen LogP contribution in [0, 0.1) is 13.8 Å². The molecule has 0 radical (unpaired) electrons. The van der Waals surface area contributed by atoms with E-state index in [9.17, 15) is 13.2 Å². The van der Waals surface area contributed by atoms with Crippen LogP contribution in [-0.4, -0.2) is 33.7 Å². The highest BCUT2D eigenvalue weighted by Crippen LogP contribution is 2.21. The van der Waals surface area contributed by atoms with Gasteiger partial charge in [0.15, 0.2) is 0 Å². The molecule has 0 bridgehead atoms. The maximum Gasteiger partial charge on any atom is 0.414 e. The number of anilines is 1. The Morgan fingerprint density at radius 2 is 1.88 bits per heavy atom. The summed E-state index contributed by atoms with van der Waals surface area (Å²) >= 11 is 0. The van der Waals surface area contributed by atoms with Crippen LogP contribution in [0.25, 0.3) is 0 Å². The average Bonchev–Trinajstić information content (AvgIpc) is 2.97. The Balaban J connectivity index is 1.68. The van der Waals surface area contributed by atoms with Gasteiger partial charge in [-0.2, -0.15) is 0 Å². The van der Waals surface area contributed by atoms with E-state index in [1.54, 1.807) is 19.1 Å². The van der Waals surface area contributed by atoms with Gasteiger partial charge in [0.05, 0.1) is 11.4 Å². The van der Waals surface area contributed by atoms with Gasteiger partial charge in [0.1, 0.15) is 6.10 Å². The molecule has 0 saturated carbocycles. The molecule has 1 N–H and O–H groups in total. The number of carbonyl (C=O) groups is 1. The Morgan fingerprint density at radius 1 is 1.16 bits per heavy atom. The Bertz CT molecular complexity index is 881. The van der Waals surface area contributed by atoms with Crippen molar-refractivity contribution >= 4 is 21.8 Å². The zero-order valence-electron chi connectivity index (χ0n) is 14.1. The van der Waals surface area contributed by atoms with Crippen LogP contribution in [0.5, 0.6) is 0 Å². The molecule has 1 amide bonds. The summed E-state index contributed by atoms with van der Waals surface area (Å²) in [5.74, 6) is 0. The molecular weight excluding hydrogens is 340 g/mol. The fraction of sp³-hybridized carbons (Fsp3) is 0.278. The predicted octanol–water partition coefficient (Wildman–Crippen LogP) is 2.61. The van der Waals surface area contributed by atoms with Crippen LogP contribution < -0.4 is 9.62 Å². The first-order valence-corrected chi connectivity index (χ1v) is 9.45. The number of rotatable bonds is 5. The minimum absolute atomic E-state index is 0.0325. The third-order valence-electron chi connectivity index (χ3n) is 4.08. The molecule has 1 saturated heterocycles. The summed E-state index contributed by atoms with van der Waals surface area (Å²) in [5, 5.41) is 0. The van der Waals surface area contributed by atoms with Crippen LogP contribution in [0.2, 0.25) is 0 Å². The van der Waals surface area contributed by atoms with E-state index in [0.29, 0.717) is 12.1 Å². The number of cyclic esters (lactones) is 1. The number of sulfonamides is 1. The Labute approximate surface area is 147 Å². The van der Waals surface area contributed by atoms with E-state index < -0.39 is 22.2 Å². The van der Waals surface area contributed by atoms with Crippen molar-refractivity contribution in [2.24, 2.45) is 0 Å². The van der Waals surface area contributed by atoms with Crippen LogP contribution in [0.15, 0.2) is 53.4 Å². The summed E-state index contributed by atoms with van der Waals surface area (Å²) in [6.07, 6.45) is -1.00. The lowest BCUT2D eigenvalue weighted by Crippen LogP contribution is -2.35. The lowest BCUT2D eigenvalue weighted by atomic mass is 10.2. The Hall–Kier alpha value is -2.38. The number of nitrogens with one attached hydrogen (secondary N) is 1. The second-order valence-corrected chi connectivity index (χ2v) is 7.81. The fourth-order valence-electron chi connectivity index (χ4n) is 2.72. The first-order valence-electron chi connectivity index (χ1n) is 7.97. The van der Waals surface area contributed by atoms with Crippen LogP contribution in [-0.2, 0) is 14.8 Å². The summed E-state index contributed by atoms with van der Waals surface area (Å²) in [4.78, 5) is 13.7. The molecule has 0 aromatic heterocycles. The van der Waals surface area contributed by atoms with E-state index in [1.165, 1.54) is 4.90 Å². The minimum Gasteiger partial charge on any atom is -0.443 e. The monoisotopic (exact) mass is 360 g/mol. The number of nitrogens with zero attached hydrogens (tertiary/aromatic N) is 1. The molecule has 1 fully saturated rings. The van der Waals surface area contributed by atoms with Gasteiger partial charge in [0.2, 0.25) is 10.0 Å². The minimum atomic E-state index is -3.66. The standard InChI is InChI=1S/C18H20N2O4S/c1-13-8-9-14(2)17(10-13)25(22,23)19-11-16-12-20(18(21)24-16)15-6-4-3-5-7-15/h3-10,16,19H,11-12H2,1-2H3. The van der Waals surface area contributed by atoms with Crippen molar-refractivity contribution in [3.63, 3.8) is 0 Å². The summed E-state index contributed by atoms with van der Waals surface area (Å²) < 4.78 is 32.9. The highest BCUT2D eigenvalue weighted by molar-refractivity contribution is 7.89. The topological polar surface area (TPSA) is 75.7 Å². The SMILES string of the molecule is Cc1ccc(C)c(S(=O)(=O)NCC2CN(c3ccccc3)C(=O)O2)c1. The highest BCUT2D eigenvalue weighted by atomic mass is 32.2. The van der Waals surface area contributed by atoms with Crippen molar-refractivity contribution < 1.29 is 17.9 Å². The number of hydrogen-bond acceptors (Lipinski definition) is 4. The molecule has 6 nitrogen and oxygen atoms in total. The summed E-state index contributed by atoms with van der Waals surface area (Å²) in [5.41, 5.74) is 2.27. The highest BCUT2D eigenvalue weighted by Gasteiger charge is 2.33. The predicted molar refractivity (Wildman–Crippen MR) is 95.2 cm³/mol. The van der Waals surface area contributed by atoms with E-state index in [-0.39, 0.29) is 11.4 Å². The van der Waals surface area contributed by atoms with Crippen LogP contribution >= 0.6 is 0 Å². The molecule has 1 heterocycles. The van der Waals surface area contributed by atoms with Gasteiger partial charge in [0.25, 0.3) is 0 Å². The largest absolute Gasteiger partial charge is 0.443 e. The van der Waals surface area contributed by atoms with Gasteiger partial charge in [-0.05, 0) is 43.2 Å². The van der Waals surface area contributed by atoms with E-state index in [4.69, 9.17) is 4.74 Å². The van der Waals surface area contributed by atoms with Crippen LogP contribution in [0.3, 0.4) is 0 Å². The molecule has 1 aliphatic heterocycles. The average molecular weight is 360 g/mol. The third kappa shape index (κ3) is 3.83. The summed E-state index contributed by atoms with van der Waals surface area (Å²) in [7, 11) is -3.66. The number of hydrogen-bond donors (Lipinski definition) is 1. The van der Waals surface area contributed by atoms with E-state index in [1.807, 2.05) is 43.3 Å². The lowest BCUT2D eigenvalue weighted by molar-refractivity contribution is 0.143. The van der Waals surface area contributed by atoms with Crippen LogP contribution in [0.1, 0.15) is 11.1 Å². The molecule has 132 valence electrons. The van der Waals surface area contributed by atoms with Gasteiger partial charge in [-0.25, -0.2) is 17.9 Å². The van der Waals surface area contributed by atoms with E-state index >= 15 is 0 Å². The Kier molecular flexibility index (Phi) is 4.78. The molecule has 2 aromatic rings. The molecule has 1 unspecified atom stereocenters. The van der Waals surface area contributed by atoms with Gasteiger partial charge < -0.3 is 4.74 Å². The number of benzene rings is 2. The van der Waals surface area contributed by atoms with Gasteiger partial charge >= 0.3 is 6.09 Å². The molecule has 3 rings (SSSR count). The second-order valence-electron chi connectivity index (χ2n) is 6.07. The van der Waals surface area contributed by atoms with Crippen molar-refractivity contribution in [3.8, 4) is 0 Å². The van der Waals surface area contributed by atoms with Crippen LogP contribution in [0.4, 0.5) is 10.5 Å². The number of aryl methyl sites for hydroxylation is 2. The summed E-state index contributed by atoms with van der Waals surface area (Å²) in [6, 6.07) is 14.4. The number of para-hydroxylation sites is 1. The van der Waals surface area contributed by atoms with Crippen molar-refractivity contribution in [2.75, 3.05) is 18.0 Å². The van der Waals surface area contributed by atoms with Crippen molar-refractivity contribution in [2.45, 2.75) is 24.8 Å². The smallest absolute Gasteiger partial charge is 0.414 e. The maximum atomic E-state index is 12.5. The molecular formula is C18H20N2O4S. The second kappa shape index (κ2) is 6.85. The molecule has 0 aliphatic carbocycles. The van der Waals surface area contributed by atoms with Gasteiger partial charge in [-0.3, -0.25) is 4.90 Å². The van der Waals surface area contributed by atoms with E-state index in [0.717, 1.165) is 11.3 Å². The number of carbonyl (C=O) groups excluding carboxylic acids is 1. The number of ether oxygens (including phenoxy) is 1. The quantitative estimate of drug-likeness (QED) is 0.889. The maximum absolute atomic E-state index is 12.5. The first-order chi connectivity index (χ1) is 11.9. The number of amides is 1. The zero-order chi connectivity index (χ0) is 18.0. The molecule has 1 atom stereocenters. The van der Waals surface area contributed by atoms with Crippen molar-refractivity contribution in [1.29, 1.82) is 0 Å². The normalized spacial score (nSPS) is 17.6. The van der Waals surface area contributed by atoms with Crippen molar-refractivity contribution in [3.05, 3.63) is 59.7 Å².